The predicted octanol–water partition coefficient (Wildman–Crippen LogP) is 2.78. The fourth-order valence-electron chi connectivity index (χ4n) is 1.74. The molecule has 0 unspecified atom stereocenters. The summed E-state index contributed by atoms with van der Waals surface area (Å²) in [4.78, 5) is 9.86. The van der Waals surface area contributed by atoms with Crippen LogP contribution in [0.3, 0.4) is 0 Å². The normalized spacial score (nSPS) is 11.4. The van der Waals surface area contributed by atoms with E-state index >= 15 is 0 Å². The molecule has 0 radical (unpaired) electrons. The summed E-state index contributed by atoms with van der Waals surface area (Å²) in [6.45, 7) is 1.98. The molecule has 0 aliphatic rings. The summed E-state index contributed by atoms with van der Waals surface area (Å²) in [6.07, 6.45) is 5.77. The van der Waals surface area contributed by atoms with Crippen LogP contribution < -0.4 is 0 Å². The fourth-order valence-corrected chi connectivity index (χ4v) is 2.99. The highest BCUT2D eigenvalue weighted by molar-refractivity contribution is 9.08. The second kappa shape index (κ2) is 3.71. The molecule has 3 aromatic rings. The minimum absolute atomic E-state index is 0.776. The van der Waals surface area contributed by atoms with Crippen molar-refractivity contribution >= 4 is 32.2 Å². The van der Waals surface area contributed by atoms with Crippen LogP contribution in [0.25, 0.3) is 10.8 Å². The first-order valence-electron chi connectivity index (χ1n) is 4.82. The largest absolute Gasteiger partial charge is 0.292 e. The Labute approximate surface area is 105 Å². The van der Waals surface area contributed by atoms with Crippen molar-refractivity contribution in [2.75, 3.05) is 0 Å². The molecule has 0 aromatic carbocycles. The van der Waals surface area contributed by atoms with Gasteiger partial charge in [0.2, 0.25) is 0 Å². The molecular formula is C10H9BrN4S. The Hall–Kier alpha value is -1.14. The standard InChI is InChI=1S/C10H9BrN4S/c1-7-12-2-3-14(7)9-8(6-11)15-4-5-16-10(15)13-9/h2-5H,6H2,1H3. The van der Waals surface area contributed by atoms with Crippen molar-refractivity contribution in [3.8, 4) is 5.82 Å². The molecule has 0 atom stereocenters. The van der Waals surface area contributed by atoms with Crippen LogP contribution in [0.2, 0.25) is 0 Å². The number of thiazole rings is 1. The number of nitrogens with zero attached hydrogens (tertiary/aromatic N) is 4. The van der Waals surface area contributed by atoms with E-state index in [1.165, 1.54) is 0 Å². The van der Waals surface area contributed by atoms with Gasteiger partial charge in [-0.25, -0.2) is 9.97 Å². The molecule has 0 saturated heterocycles. The Kier molecular flexibility index (Phi) is 2.33. The number of aromatic nitrogens is 4. The molecule has 0 fully saturated rings. The van der Waals surface area contributed by atoms with Gasteiger partial charge in [0.15, 0.2) is 10.8 Å². The minimum Gasteiger partial charge on any atom is -0.292 e. The maximum absolute atomic E-state index is 4.62. The SMILES string of the molecule is Cc1nccn1-c1nc2sccn2c1CBr. The quantitative estimate of drug-likeness (QED) is 0.682. The lowest BCUT2D eigenvalue weighted by Crippen LogP contribution is -2.00. The first-order valence-corrected chi connectivity index (χ1v) is 6.82. The zero-order valence-corrected chi connectivity index (χ0v) is 11.0. The van der Waals surface area contributed by atoms with Gasteiger partial charge in [-0.15, -0.1) is 11.3 Å². The van der Waals surface area contributed by atoms with E-state index in [1.54, 1.807) is 17.5 Å². The Bertz CT molecular complexity index is 636. The van der Waals surface area contributed by atoms with Gasteiger partial charge in [-0.2, -0.15) is 0 Å². The number of hydrogen-bond donors (Lipinski definition) is 0. The molecule has 0 aliphatic carbocycles. The van der Waals surface area contributed by atoms with Gasteiger partial charge in [0.05, 0.1) is 5.69 Å². The van der Waals surface area contributed by atoms with E-state index in [0.717, 1.165) is 27.6 Å². The van der Waals surface area contributed by atoms with Crippen molar-refractivity contribution in [1.82, 2.24) is 18.9 Å². The molecule has 0 aliphatic heterocycles. The van der Waals surface area contributed by atoms with Crippen LogP contribution >= 0.6 is 27.3 Å². The number of imidazole rings is 2. The number of hydrogen-bond acceptors (Lipinski definition) is 3. The Morgan fingerprint density at radius 3 is 3.00 bits per heavy atom. The Balaban J connectivity index is 2.31. The maximum Gasteiger partial charge on any atom is 0.195 e. The number of alkyl halides is 1. The number of halogens is 1. The molecule has 3 heterocycles. The molecule has 0 N–H and O–H groups in total. The topological polar surface area (TPSA) is 35.1 Å². The van der Waals surface area contributed by atoms with Crippen LogP contribution in [0, 0.1) is 6.92 Å². The predicted molar refractivity (Wildman–Crippen MR) is 67.6 cm³/mol. The average molecular weight is 297 g/mol. The van der Waals surface area contributed by atoms with Crippen LogP contribution in [0.5, 0.6) is 0 Å². The molecule has 0 amide bonds. The Morgan fingerprint density at radius 1 is 1.44 bits per heavy atom. The van der Waals surface area contributed by atoms with Crippen LogP contribution in [-0.2, 0) is 5.33 Å². The van der Waals surface area contributed by atoms with Gasteiger partial charge in [0.25, 0.3) is 0 Å². The van der Waals surface area contributed by atoms with E-state index in [9.17, 15) is 0 Å². The summed E-state index contributed by atoms with van der Waals surface area (Å²) in [5.41, 5.74) is 1.15. The lowest BCUT2D eigenvalue weighted by molar-refractivity contribution is 0.927. The van der Waals surface area contributed by atoms with Gasteiger partial charge in [-0.1, -0.05) is 15.9 Å². The smallest absolute Gasteiger partial charge is 0.195 e. The zero-order chi connectivity index (χ0) is 11.1. The Morgan fingerprint density at radius 2 is 2.31 bits per heavy atom. The second-order valence-corrected chi connectivity index (χ2v) is 4.85. The molecule has 4 nitrogen and oxygen atoms in total. The van der Waals surface area contributed by atoms with Crippen molar-refractivity contribution in [1.29, 1.82) is 0 Å². The first kappa shape index (κ1) is 10.0. The lowest BCUT2D eigenvalue weighted by Gasteiger charge is -2.03. The van der Waals surface area contributed by atoms with Crippen LogP contribution in [-0.4, -0.2) is 18.9 Å². The van der Waals surface area contributed by atoms with Crippen molar-refractivity contribution < 1.29 is 0 Å². The monoisotopic (exact) mass is 296 g/mol. The summed E-state index contributed by atoms with van der Waals surface area (Å²) < 4.78 is 4.12. The summed E-state index contributed by atoms with van der Waals surface area (Å²) >= 11 is 5.15. The summed E-state index contributed by atoms with van der Waals surface area (Å²) in [5.74, 6) is 1.91. The molecule has 16 heavy (non-hydrogen) atoms. The van der Waals surface area contributed by atoms with E-state index in [2.05, 4.69) is 30.3 Å². The summed E-state index contributed by atoms with van der Waals surface area (Å²) in [5, 5.41) is 2.82. The van der Waals surface area contributed by atoms with E-state index < -0.39 is 0 Å². The van der Waals surface area contributed by atoms with Gasteiger partial charge in [0, 0.05) is 29.3 Å². The van der Waals surface area contributed by atoms with Crippen molar-refractivity contribution in [2.24, 2.45) is 0 Å². The molecular weight excluding hydrogens is 288 g/mol. The van der Waals surface area contributed by atoms with Gasteiger partial charge in [0.1, 0.15) is 5.82 Å². The van der Waals surface area contributed by atoms with Crippen LogP contribution in [0.15, 0.2) is 24.0 Å². The van der Waals surface area contributed by atoms with Crippen LogP contribution in [0.1, 0.15) is 11.5 Å². The third kappa shape index (κ3) is 1.33. The highest BCUT2D eigenvalue weighted by atomic mass is 79.9. The molecule has 0 bridgehead atoms. The van der Waals surface area contributed by atoms with Crippen LogP contribution in [0.4, 0.5) is 0 Å². The zero-order valence-electron chi connectivity index (χ0n) is 8.59. The second-order valence-electron chi connectivity index (χ2n) is 3.42. The van der Waals surface area contributed by atoms with E-state index in [0.29, 0.717) is 0 Å². The van der Waals surface area contributed by atoms with E-state index in [4.69, 9.17) is 0 Å². The van der Waals surface area contributed by atoms with E-state index in [1.807, 2.05) is 29.3 Å². The molecule has 0 spiro atoms. The highest BCUT2D eigenvalue weighted by Gasteiger charge is 2.14. The third-order valence-corrected chi connectivity index (χ3v) is 3.81. The maximum atomic E-state index is 4.62. The fraction of sp³-hybridized carbons (Fsp3) is 0.200. The van der Waals surface area contributed by atoms with Crippen molar-refractivity contribution in [3.63, 3.8) is 0 Å². The molecule has 6 heteroatoms. The average Bonchev–Trinajstić information content (AvgIpc) is 2.90. The van der Waals surface area contributed by atoms with E-state index in [-0.39, 0.29) is 0 Å². The number of fused-ring (bicyclic) bond motifs is 1. The van der Waals surface area contributed by atoms with Crippen molar-refractivity contribution in [2.45, 2.75) is 12.3 Å². The first-order chi connectivity index (χ1) is 7.81. The molecule has 3 rings (SSSR count). The lowest BCUT2D eigenvalue weighted by atomic mass is 10.4. The molecule has 0 saturated carbocycles. The van der Waals surface area contributed by atoms with Gasteiger partial charge < -0.3 is 0 Å². The highest BCUT2D eigenvalue weighted by Crippen LogP contribution is 2.23. The molecule has 82 valence electrons. The van der Waals surface area contributed by atoms with Gasteiger partial charge in [-0.3, -0.25) is 8.97 Å². The summed E-state index contributed by atoms with van der Waals surface area (Å²) in [7, 11) is 0. The minimum atomic E-state index is 0.776. The van der Waals surface area contributed by atoms with Gasteiger partial charge in [-0.05, 0) is 6.92 Å². The summed E-state index contributed by atoms with van der Waals surface area (Å²) in [6, 6.07) is 0. The number of aryl methyl sites for hydroxylation is 1. The molecule has 3 aromatic heterocycles. The van der Waals surface area contributed by atoms with Crippen molar-refractivity contribution in [3.05, 3.63) is 35.5 Å². The van der Waals surface area contributed by atoms with Gasteiger partial charge >= 0.3 is 0 Å². The number of rotatable bonds is 2. The third-order valence-electron chi connectivity index (χ3n) is 2.52.